The lowest BCUT2D eigenvalue weighted by Gasteiger charge is -2.13. The van der Waals surface area contributed by atoms with Crippen LogP contribution in [0.25, 0.3) is 0 Å². The molecule has 0 aliphatic rings. The van der Waals surface area contributed by atoms with Gasteiger partial charge in [-0.1, -0.05) is 6.07 Å². The number of hydrogen-bond donors (Lipinski definition) is 1. The summed E-state index contributed by atoms with van der Waals surface area (Å²) in [5.41, 5.74) is 0. The molecule has 1 aromatic carbocycles. The number of halogens is 1. The first-order valence-electron chi connectivity index (χ1n) is 4.72. The standard InChI is InChI=1S/C11H13FO3/c1-8(5-6-11(13)14)15-10-4-2-3-9(12)7-10/h2-4,7-8H,5-6H2,1H3,(H,13,14). The number of ether oxygens (including phenoxy) is 1. The van der Waals surface area contributed by atoms with Crippen molar-refractivity contribution in [3.05, 3.63) is 30.1 Å². The molecular formula is C11H13FO3. The van der Waals surface area contributed by atoms with Gasteiger partial charge in [-0.25, -0.2) is 4.39 Å². The summed E-state index contributed by atoms with van der Waals surface area (Å²) in [4.78, 5) is 10.3. The van der Waals surface area contributed by atoms with Crippen molar-refractivity contribution in [3.63, 3.8) is 0 Å². The number of benzene rings is 1. The molecule has 3 nitrogen and oxygen atoms in total. The summed E-state index contributed by atoms with van der Waals surface area (Å²) in [5.74, 6) is -0.796. The monoisotopic (exact) mass is 212 g/mol. The van der Waals surface area contributed by atoms with E-state index < -0.39 is 5.97 Å². The summed E-state index contributed by atoms with van der Waals surface area (Å²) in [6, 6.07) is 5.79. The minimum atomic E-state index is -0.857. The van der Waals surface area contributed by atoms with Crippen molar-refractivity contribution < 1.29 is 19.0 Å². The Morgan fingerprint density at radius 3 is 2.93 bits per heavy atom. The molecule has 0 spiro atoms. The molecule has 0 amide bonds. The van der Waals surface area contributed by atoms with E-state index in [0.717, 1.165) is 0 Å². The zero-order chi connectivity index (χ0) is 11.3. The quantitative estimate of drug-likeness (QED) is 0.815. The lowest BCUT2D eigenvalue weighted by atomic mass is 10.2. The minimum absolute atomic E-state index is 0.0521. The predicted octanol–water partition coefficient (Wildman–Crippen LogP) is 2.46. The molecule has 0 bridgehead atoms. The van der Waals surface area contributed by atoms with Gasteiger partial charge in [0, 0.05) is 12.5 Å². The number of hydrogen-bond acceptors (Lipinski definition) is 2. The van der Waals surface area contributed by atoms with Crippen molar-refractivity contribution in [1.29, 1.82) is 0 Å². The second-order valence-corrected chi connectivity index (χ2v) is 3.32. The number of carboxylic acids is 1. The van der Waals surface area contributed by atoms with Gasteiger partial charge in [0.05, 0.1) is 6.10 Å². The van der Waals surface area contributed by atoms with E-state index in [0.29, 0.717) is 12.2 Å². The Morgan fingerprint density at radius 2 is 2.33 bits per heavy atom. The van der Waals surface area contributed by atoms with Crippen LogP contribution < -0.4 is 4.74 Å². The summed E-state index contributed by atoms with van der Waals surface area (Å²) < 4.78 is 18.1. The molecule has 1 aromatic rings. The fourth-order valence-electron chi connectivity index (χ4n) is 1.16. The van der Waals surface area contributed by atoms with Crippen LogP contribution in [-0.4, -0.2) is 17.2 Å². The van der Waals surface area contributed by atoms with Crippen molar-refractivity contribution in [1.82, 2.24) is 0 Å². The first kappa shape index (κ1) is 11.5. The summed E-state index contributed by atoms with van der Waals surface area (Å²) in [5, 5.41) is 8.46. The van der Waals surface area contributed by atoms with Crippen molar-refractivity contribution >= 4 is 5.97 Å². The van der Waals surface area contributed by atoms with Gasteiger partial charge < -0.3 is 9.84 Å². The average Bonchev–Trinajstić information content (AvgIpc) is 2.15. The molecule has 15 heavy (non-hydrogen) atoms. The predicted molar refractivity (Wildman–Crippen MR) is 53.4 cm³/mol. The van der Waals surface area contributed by atoms with E-state index in [2.05, 4.69) is 0 Å². The molecule has 0 heterocycles. The third-order valence-electron chi connectivity index (χ3n) is 1.90. The molecule has 1 rings (SSSR count). The van der Waals surface area contributed by atoms with E-state index in [9.17, 15) is 9.18 Å². The van der Waals surface area contributed by atoms with Gasteiger partial charge in [-0.05, 0) is 25.5 Å². The molecule has 0 fully saturated rings. The highest BCUT2D eigenvalue weighted by molar-refractivity contribution is 5.66. The maximum Gasteiger partial charge on any atom is 0.303 e. The Bertz CT molecular complexity index is 338. The van der Waals surface area contributed by atoms with E-state index >= 15 is 0 Å². The van der Waals surface area contributed by atoms with E-state index in [1.165, 1.54) is 12.1 Å². The molecule has 1 unspecified atom stereocenters. The number of carboxylic acid groups (broad SMARTS) is 1. The van der Waals surface area contributed by atoms with Gasteiger partial charge in [0.15, 0.2) is 0 Å². The van der Waals surface area contributed by atoms with Crippen LogP contribution in [0, 0.1) is 5.82 Å². The van der Waals surface area contributed by atoms with Crippen LogP contribution in [0.4, 0.5) is 4.39 Å². The van der Waals surface area contributed by atoms with Crippen molar-refractivity contribution in [2.24, 2.45) is 0 Å². The van der Waals surface area contributed by atoms with Crippen molar-refractivity contribution in [3.8, 4) is 5.75 Å². The lowest BCUT2D eigenvalue weighted by Crippen LogP contribution is -2.13. The Balaban J connectivity index is 2.44. The van der Waals surface area contributed by atoms with Crippen LogP contribution >= 0.6 is 0 Å². The topological polar surface area (TPSA) is 46.5 Å². The fourth-order valence-corrected chi connectivity index (χ4v) is 1.16. The van der Waals surface area contributed by atoms with E-state index in [4.69, 9.17) is 9.84 Å². The highest BCUT2D eigenvalue weighted by Gasteiger charge is 2.07. The van der Waals surface area contributed by atoms with Gasteiger partial charge in [-0.3, -0.25) is 4.79 Å². The zero-order valence-electron chi connectivity index (χ0n) is 8.44. The molecule has 0 saturated heterocycles. The molecule has 1 atom stereocenters. The minimum Gasteiger partial charge on any atom is -0.491 e. The average molecular weight is 212 g/mol. The maximum atomic E-state index is 12.8. The smallest absolute Gasteiger partial charge is 0.303 e. The molecule has 0 saturated carbocycles. The zero-order valence-corrected chi connectivity index (χ0v) is 8.44. The molecular weight excluding hydrogens is 199 g/mol. The largest absolute Gasteiger partial charge is 0.491 e. The first-order valence-corrected chi connectivity index (χ1v) is 4.72. The molecule has 0 radical (unpaired) electrons. The third-order valence-corrected chi connectivity index (χ3v) is 1.90. The Labute approximate surface area is 87.5 Å². The molecule has 4 heteroatoms. The van der Waals surface area contributed by atoms with Gasteiger partial charge in [0.25, 0.3) is 0 Å². The normalized spacial score (nSPS) is 12.1. The second kappa shape index (κ2) is 5.34. The van der Waals surface area contributed by atoms with Crippen LogP contribution in [0.5, 0.6) is 5.75 Å². The number of carbonyl (C=O) groups is 1. The van der Waals surface area contributed by atoms with Gasteiger partial charge in [0.1, 0.15) is 11.6 Å². The van der Waals surface area contributed by atoms with Crippen LogP contribution in [0.3, 0.4) is 0 Å². The van der Waals surface area contributed by atoms with E-state index in [-0.39, 0.29) is 18.3 Å². The van der Waals surface area contributed by atoms with Gasteiger partial charge >= 0.3 is 5.97 Å². The summed E-state index contributed by atoms with van der Waals surface area (Å²) in [6.07, 6.45) is 0.227. The molecule has 0 aliphatic carbocycles. The Hall–Kier alpha value is -1.58. The lowest BCUT2D eigenvalue weighted by molar-refractivity contribution is -0.137. The fraction of sp³-hybridized carbons (Fsp3) is 0.364. The Kier molecular flexibility index (Phi) is 4.09. The highest BCUT2D eigenvalue weighted by atomic mass is 19.1. The van der Waals surface area contributed by atoms with Crippen molar-refractivity contribution in [2.45, 2.75) is 25.9 Å². The van der Waals surface area contributed by atoms with Crippen LogP contribution in [-0.2, 0) is 4.79 Å². The van der Waals surface area contributed by atoms with E-state index in [1.54, 1.807) is 19.1 Å². The van der Waals surface area contributed by atoms with Crippen LogP contribution in [0.1, 0.15) is 19.8 Å². The Morgan fingerprint density at radius 1 is 1.60 bits per heavy atom. The highest BCUT2D eigenvalue weighted by Crippen LogP contribution is 2.15. The molecule has 82 valence electrons. The van der Waals surface area contributed by atoms with Gasteiger partial charge in [-0.2, -0.15) is 0 Å². The number of rotatable bonds is 5. The third kappa shape index (κ3) is 4.44. The van der Waals surface area contributed by atoms with E-state index in [1.807, 2.05) is 0 Å². The van der Waals surface area contributed by atoms with Gasteiger partial charge in [0.2, 0.25) is 0 Å². The molecule has 1 N–H and O–H groups in total. The summed E-state index contributed by atoms with van der Waals surface area (Å²) in [6.45, 7) is 1.76. The summed E-state index contributed by atoms with van der Waals surface area (Å²) in [7, 11) is 0. The van der Waals surface area contributed by atoms with Crippen LogP contribution in [0.2, 0.25) is 0 Å². The SMILES string of the molecule is CC(CCC(=O)O)Oc1cccc(F)c1. The molecule has 0 aliphatic heterocycles. The van der Waals surface area contributed by atoms with Crippen molar-refractivity contribution in [2.75, 3.05) is 0 Å². The number of aliphatic carboxylic acids is 1. The first-order chi connectivity index (χ1) is 7.08. The molecule has 0 aromatic heterocycles. The maximum absolute atomic E-state index is 12.8. The summed E-state index contributed by atoms with van der Waals surface area (Å²) >= 11 is 0. The van der Waals surface area contributed by atoms with Crippen LogP contribution in [0.15, 0.2) is 24.3 Å². The second-order valence-electron chi connectivity index (χ2n) is 3.32. The van der Waals surface area contributed by atoms with Gasteiger partial charge in [-0.15, -0.1) is 0 Å².